The van der Waals surface area contributed by atoms with Crippen molar-refractivity contribution in [2.75, 3.05) is 31.1 Å². The number of hydrogen-bond acceptors (Lipinski definition) is 3. The number of rotatable bonds is 5. The number of carboxylic acids is 1. The van der Waals surface area contributed by atoms with Gasteiger partial charge in [0.1, 0.15) is 0 Å². The zero-order valence-electron chi connectivity index (χ0n) is 11.4. The van der Waals surface area contributed by atoms with Crippen LogP contribution >= 0.6 is 0 Å². The maximum Gasteiger partial charge on any atom is 0.406 e. The van der Waals surface area contributed by atoms with E-state index >= 15 is 0 Å². The molecule has 0 saturated carbocycles. The van der Waals surface area contributed by atoms with Crippen molar-refractivity contribution >= 4 is 22.8 Å². The normalized spacial score (nSPS) is 23.9. The highest BCUT2D eigenvalue weighted by molar-refractivity contribution is 7.84. The summed E-state index contributed by atoms with van der Waals surface area (Å²) < 4.78 is 49.9. The Morgan fingerprint density at radius 2 is 2.05 bits per heavy atom. The van der Waals surface area contributed by atoms with Gasteiger partial charge in [-0.25, -0.2) is 4.79 Å². The first-order chi connectivity index (χ1) is 9.64. The van der Waals surface area contributed by atoms with Gasteiger partial charge in [0.15, 0.2) is 5.41 Å². The highest BCUT2D eigenvalue weighted by Crippen LogP contribution is 2.45. The molecule has 6 nitrogen and oxygen atoms in total. The monoisotopic (exact) mass is 330 g/mol. The minimum atomic E-state index is -4.92. The molecule has 1 saturated heterocycles. The van der Waals surface area contributed by atoms with Crippen molar-refractivity contribution in [2.24, 2.45) is 5.41 Å². The fourth-order valence-electron chi connectivity index (χ4n) is 2.04. The number of carbonyl (C=O) groups is 2. The molecule has 10 heteroatoms. The molecule has 0 bridgehead atoms. The van der Waals surface area contributed by atoms with Gasteiger partial charge in [-0.15, -0.1) is 0 Å². The smallest absolute Gasteiger partial charge is 0.406 e. The van der Waals surface area contributed by atoms with E-state index in [-0.39, 0.29) is 18.8 Å². The molecule has 1 aliphatic heterocycles. The molecule has 2 atom stereocenters. The fraction of sp³-hybridized carbons (Fsp3) is 0.818. The SMILES string of the molecule is CCS(=O)CCNC(=O)N1CCC(C(=O)O)(C(F)(F)F)C1. The molecular weight excluding hydrogens is 313 g/mol. The van der Waals surface area contributed by atoms with Crippen molar-refractivity contribution in [3.8, 4) is 0 Å². The highest BCUT2D eigenvalue weighted by Gasteiger charge is 2.64. The molecule has 1 rings (SSSR count). The molecule has 21 heavy (non-hydrogen) atoms. The summed E-state index contributed by atoms with van der Waals surface area (Å²) in [6.07, 6.45) is -5.59. The molecule has 2 N–H and O–H groups in total. The number of alkyl halides is 3. The Bertz CT molecular complexity index is 444. The van der Waals surface area contributed by atoms with Crippen LogP contribution in [0, 0.1) is 5.41 Å². The molecule has 0 aliphatic carbocycles. The van der Waals surface area contributed by atoms with Gasteiger partial charge in [-0.1, -0.05) is 6.92 Å². The average molecular weight is 330 g/mol. The quantitative estimate of drug-likeness (QED) is 0.781. The average Bonchev–Trinajstić information content (AvgIpc) is 2.84. The predicted molar refractivity (Wildman–Crippen MR) is 69.3 cm³/mol. The number of carboxylic acid groups (broad SMARTS) is 1. The number of hydrogen-bond donors (Lipinski definition) is 2. The van der Waals surface area contributed by atoms with Gasteiger partial charge in [-0.05, 0) is 6.42 Å². The first kappa shape index (κ1) is 17.7. The first-order valence-electron chi connectivity index (χ1n) is 6.32. The Labute approximate surface area is 122 Å². The zero-order chi connectivity index (χ0) is 16.3. The summed E-state index contributed by atoms with van der Waals surface area (Å²) in [4.78, 5) is 23.5. The molecule has 122 valence electrons. The van der Waals surface area contributed by atoms with Crippen molar-refractivity contribution in [2.45, 2.75) is 19.5 Å². The van der Waals surface area contributed by atoms with Gasteiger partial charge in [-0.2, -0.15) is 13.2 Å². The number of amides is 2. The van der Waals surface area contributed by atoms with E-state index in [1.54, 1.807) is 6.92 Å². The second-order valence-corrected chi connectivity index (χ2v) is 6.59. The van der Waals surface area contributed by atoms with Gasteiger partial charge >= 0.3 is 18.2 Å². The lowest BCUT2D eigenvalue weighted by molar-refractivity contribution is -0.226. The summed E-state index contributed by atoms with van der Waals surface area (Å²) in [5.74, 6) is -1.34. The molecule has 0 aromatic carbocycles. The highest BCUT2D eigenvalue weighted by atomic mass is 32.2. The lowest BCUT2D eigenvalue weighted by atomic mass is 9.86. The van der Waals surface area contributed by atoms with Crippen molar-refractivity contribution < 1.29 is 32.1 Å². The van der Waals surface area contributed by atoms with E-state index in [1.807, 2.05) is 0 Å². The third-order valence-corrected chi connectivity index (χ3v) is 4.74. The zero-order valence-corrected chi connectivity index (χ0v) is 12.2. The van der Waals surface area contributed by atoms with Gasteiger partial charge in [-0.3, -0.25) is 9.00 Å². The van der Waals surface area contributed by atoms with Crippen LogP contribution < -0.4 is 5.32 Å². The van der Waals surface area contributed by atoms with Crippen molar-refractivity contribution in [3.63, 3.8) is 0 Å². The van der Waals surface area contributed by atoms with Gasteiger partial charge in [0.2, 0.25) is 0 Å². The van der Waals surface area contributed by atoms with Crippen LogP contribution in [0.5, 0.6) is 0 Å². The lowest BCUT2D eigenvalue weighted by Crippen LogP contribution is -2.49. The Balaban J connectivity index is 2.62. The largest absolute Gasteiger partial charge is 0.481 e. The number of urea groups is 1. The van der Waals surface area contributed by atoms with E-state index in [1.165, 1.54) is 0 Å². The van der Waals surface area contributed by atoms with Crippen LogP contribution in [0.1, 0.15) is 13.3 Å². The maximum atomic E-state index is 12.9. The molecular formula is C11H17F3N2O4S. The molecule has 1 heterocycles. The minimum absolute atomic E-state index is 0.0713. The van der Waals surface area contributed by atoms with E-state index < -0.39 is 47.4 Å². The van der Waals surface area contributed by atoms with Gasteiger partial charge < -0.3 is 15.3 Å². The molecule has 2 unspecified atom stereocenters. The van der Waals surface area contributed by atoms with Crippen molar-refractivity contribution in [3.05, 3.63) is 0 Å². The standard InChI is InChI=1S/C11H17F3N2O4S/c1-2-21(20)6-4-15-9(19)16-5-3-10(7-16,8(17)18)11(12,13)14/h2-7H2,1H3,(H,15,19)(H,17,18). The number of carbonyl (C=O) groups excluding carboxylic acids is 1. The molecule has 0 spiro atoms. The van der Waals surface area contributed by atoms with E-state index in [9.17, 15) is 27.0 Å². The topological polar surface area (TPSA) is 86.7 Å². The van der Waals surface area contributed by atoms with Crippen LogP contribution in [0.4, 0.5) is 18.0 Å². The summed E-state index contributed by atoms with van der Waals surface area (Å²) in [7, 11) is -1.09. The lowest BCUT2D eigenvalue weighted by Gasteiger charge is -2.27. The number of halogens is 3. The maximum absolute atomic E-state index is 12.9. The molecule has 0 aromatic rings. The van der Waals surface area contributed by atoms with Crippen LogP contribution in [0.15, 0.2) is 0 Å². The third-order valence-electron chi connectivity index (χ3n) is 3.44. The van der Waals surface area contributed by atoms with Crippen molar-refractivity contribution in [1.82, 2.24) is 10.2 Å². The number of nitrogens with zero attached hydrogens (tertiary/aromatic N) is 1. The first-order valence-corrected chi connectivity index (χ1v) is 7.80. The molecule has 1 aliphatic rings. The second-order valence-electron chi connectivity index (χ2n) is 4.72. The molecule has 0 radical (unpaired) electrons. The summed E-state index contributed by atoms with van der Waals surface area (Å²) in [5, 5.41) is 11.2. The summed E-state index contributed by atoms with van der Waals surface area (Å²) in [6, 6.07) is -0.768. The molecule has 1 fully saturated rings. The summed E-state index contributed by atoms with van der Waals surface area (Å²) in [5.41, 5.74) is -2.91. The van der Waals surface area contributed by atoms with Crippen LogP contribution in [0.3, 0.4) is 0 Å². The van der Waals surface area contributed by atoms with E-state index in [0.29, 0.717) is 5.75 Å². The van der Waals surface area contributed by atoms with Gasteiger partial charge in [0, 0.05) is 41.9 Å². The fourth-order valence-corrected chi connectivity index (χ4v) is 2.66. The van der Waals surface area contributed by atoms with Crippen LogP contribution in [-0.4, -0.2) is 63.5 Å². The molecule has 0 aromatic heterocycles. The Morgan fingerprint density at radius 1 is 1.43 bits per heavy atom. The molecule has 2 amide bonds. The van der Waals surface area contributed by atoms with Crippen LogP contribution in [0.2, 0.25) is 0 Å². The Morgan fingerprint density at radius 3 is 2.48 bits per heavy atom. The van der Waals surface area contributed by atoms with E-state index in [0.717, 1.165) is 4.90 Å². The Kier molecular flexibility index (Phi) is 5.60. The van der Waals surface area contributed by atoms with Crippen molar-refractivity contribution in [1.29, 1.82) is 0 Å². The van der Waals surface area contributed by atoms with Gasteiger partial charge in [0.05, 0.1) is 0 Å². The summed E-state index contributed by atoms with van der Waals surface area (Å²) >= 11 is 0. The van der Waals surface area contributed by atoms with Crippen LogP contribution in [-0.2, 0) is 15.6 Å². The van der Waals surface area contributed by atoms with Crippen LogP contribution in [0.25, 0.3) is 0 Å². The number of nitrogens with one attached hydrogen (secondary N) is 1. The minimum Gasteiger partial charge on any atom is -0.481 e. The van der Waals surface area contributed by atoms with Gasteiger partial charge in [0.25, 0.3) is 0 Å². The van der Waals surface area contributed by atoms with E-state index in [4.69, 9.17) is 5.11 Å². The Hall–Kier alpha value is -1.32. The summed E-state index contributed by atoms with van der Waals surface area (Å²) in [6.45, 7) is 0.591. The predicted octanol–water partition coefficient (Wildman–Crippen LogP) is 0.804. The number of likely N-dealkylation sites (tertiary alicyclic amines) is 1. The second kappa shape index (κ2) is 6.63. The third kappa shape index (κ3) is 3.86. The number of aliphatic carboxylic acids is 1. The van der Waals surface area contributed by atoms with E-state index in [2.05, 4.69) is 5.32 Å².